The smallest absolute Gasteiger partial charge is 0.262 e. The van der Waals surface area contributed by atoms with E-state index in [0.29, 0.717) is 22.6 Å². The normalized spacial score (nSPS) is 11.1. The van der Waals surface area contributed by atoms with Gasteiger partial charge in [0.15, 0.2) is 0 Å². The number of ether oxygens (including phenoxy) is 1. The quantitative estimate of drug-likeness (QED) is 0.357. The Morgan fingerprint density at radius 2 is 1.97 bits per heavy atom. The van der Waals surface area contributed by atoms with Crippen molar-refractivity contribution in [2.45, 2.75) is 13.5 Å². The van der Waals surface area contributed by atoms with E-state index in [-0.39, 0.29) is 12.1 Å². The lowest BCUT2D eigenvalue weighted by Gasteiger charge is -2.06. The number of amides is 1. The van der Waals surface area contributed by atoms with Crippen molar-refractivity contribution in [2.75, 3.05) is 6.61 Å². The van der Waals surface area contributed by atoms with Crippen LogP contribution >= 0.6 is 11.3 Å². The second-order valence-corrected chi connectivity index (χ2v) is 7.67. The van der Waals surface area contributed by atoms with Gasteiger partial charge in [-0.05, 0) is 30.7 Å². The molecule has 1 N–H and O–H groups in total. The van der Waals surface area contributed by atoms with E-state index in [2.05, 4.69) is 15.5 Å². The van der Waals surface area contributed by atoms with Crippen LogP contribution in [0.5, 0.6) is 5.75 Å². The van der Waals surface area contributed by atoms with Gasteiger partial charge in [0.05, 0.1) is 24.5 Å². The third-order valence-electron chi connectivity index (χ3n) is 4.50. The SMILES string of the molecule is CCOc1ccccc1/C=N/NC(=O)Cn1cnc2sc(-c3ccccc3)cc2c1=O. The van der Waals surface area contributed by atoms with Gasteiger partial charge in [0.1, 0.15) is 17.1 Å². The Labute approximate surface area is 182 Å². The van der Waals surface area contributed by atoms with Crippen LogP contribution in [-0.2, 0) is 11.3 Å². The molecule has 4 aromatic rings. The van der Waals surface area contributed by atoms with E-state index >= 15 is 0 Å². The molecule has 2 aromatic heterocycles. The number of carbonyl (C=O) groups excluding carboxylic acids is 1. The minimum atomic E-state index is -0.424. The summed E-state index contributed by atoms with van der Waals surface area (Å²) in [5.41, 5.74) is 3.96. The largest absolute Gasteiger partial charge is 0.493 e. The zero-order chi connectivity index (χ0) is 21.6. The highest BCUT2D eigenvalue weighted by Gasteiger charge is 2.12. The summed E-state index contributed by atoms with van der Waals surface area (Å²) in [6.45, 7) is 2.25. The Balaban J connectivity index is 1.48. The van der Waals surface area contributed by atoms with Gasteiger partial charge < -0.3 is 4.74 Å². The first-order chi connectivity index (χ1) is 15.2. The van der Waals surface area contributed by atoms with E-state index in [9.17, 15) is 9.59 Å². The molecule has 31 heavy (non-hydrogen) atoms. The van der Waals surface area contributed by atoms with Crippen LogP contribution in [0.25, 0.3) is 20.7 Å². The van der Waals surface area contributed by atoms with Crippen molar-refractivity contribution in [1.82, 2.24) is 15.0 Å². The Hall–Kier alpha value is -3.78. The predicted octanol–water partition coefficient (Wildman–Crippen LogP) is 3.67. The van der Waals surface area contributed by atoms with Crippen LogP contribution in [0, 0.1) is 0 Å². The van der Waals surface area contributed by atoms with Crippen LogP contribution in [0.3, 0.4) is 0 Å². The number of hydrogen-bond acceptors (Lipinski definition) is 6. The number of hydrogen-bond donors (Lipinski definition) is 1. The Morgan fingerprint density at radius 3 is 2.77 bits per heavy atom. The monoisotopic (exact) mass is 432 g/mol. The molecule has 0 spiro atoms. The second kappa shape index (κ2) is 9.36. The number of thiophene rings is 1. The van der Waals surface area contributed by atoms with Gasteiger partial charge in [0.2, 0.25) is 0 Å². The van der Waals surface area contributed by atoms with Gasteiger partial charge in [0.25, 0.3) is 11.5 Å². The first kappa shape index (κ1) is 20.5. The van der Waals surface area contributed by atoms with Crippen molar-refractivity contribution < 1.29 is 9.53 Å². The molecule has 2 heterocycles. The molecule has 4 rings (SSSR count). The van der Waals surface area contributed by atoms with Crippen LogP contribution in [-0.4, -0.2) is 28.3 Å². The number of rotatable bonds is 7. The molecule has 0 saturated heterocycles. The highest BCUT2D eigenvalue weighted by atomic mass is 32.1. The van der Waals surface area contributed by atoms with Crippen molar-refractivity contribution in [3.05, 3.63) is 82.9 Å². The molecular formula is C23H20N4O3S. The predicted molar refractivity (Wildman–Crippen MR) is 123 cm³/mol. The van der Waals surface area contributed by atoms with Crippen molar-refractivity contribution in [1.29, 1.82) is 0 Å². The number of fused-ring (bicyclic) bond motifs is 1. The molecule has 0 bridgehead atoms. The van der Waals surface area contributed by atoms with E-state index in [0.717, 1.165) is 16.0 Å². The van der Waals surface area contributed by atoms with Crippen molar-refractivity contribution in [3.8, 4) is 16.2 Å². The number of aromatic nitrogens is 2. The first-order valence-corrected chi connectivity index (χ1v) is 10.6. The molecule has 0 aliphatic carbocycles. The summed E-state index contributed by atoms with van der Waals surface area (Å²) in [7, 11) is 0. The Morgan fingerprint density at radius 1 is 1.19 bits per heavy atom. The molecular weight excluding hydrogens is 412 g/mol. The fourth-order valence-electron chi connectivity index (χ4n) is 3.06. The lowest BCUT2D eigenvalue weighted by atomic mass is 10.2. The number of nitrogens with one attached hydrogen (secondary N) is 1. The topological polar surface area (TPSA) is 85.6 Å². The molecule has 7 nitrogen and oxygen atoms in total. The minimum Gasteiger partial charge on any atom is -0.493 e. The summed E-state index contributed by atoms with van der Waals surface area (Å²) in [5, 5.41) is 4.47. The molecule has 0 radical (unpaired) electrons. The summed E-state index contributed by atoms with van der Waals surface area (Å²) in [6, 6.07) is 19.0. The van der Waals surface area contributed by atoms with E-state index in [4.69, 9.17) is 4.74 Å². The highest BCUT2D eigenvalue weighted by Crippen LogP contribution is 2.30. The van der Waals surface area contributed by atoms with Crippen LogP contribution in [0.15, 0.2) is 76.9 Å². The second-order valence-electron chi connectivity index (χ2n) is 6.64. The molecule has 0 unspecified atom stereocenters. The van der Waals surface area contributed by atoms with Gasteiger partial charge >= 0.3 is 0 Å². The summed E-state index contributed by atoms with van der Waals surface area (Å²) in [6.07, 6.45) is 2.90. The lowest BCUT2D eigenvalue weighted by Crippen LogP contribution is -2.29. The number of benzene rings is 2. The average Bonchev–Trinajstić information content (AvgIpc) is 3.23. The van der Waals surface area contributed by atoms with Crippen LogP contribution in [0.1, 0.15) is 12.5 Å². The van der Waals surface area contributed by atoms with Crippen LogP contribution in [0.4, 0.5) is 0 Å². The highest BCUT2D eigenvalue weighted by molar-refractivity contribution is 7.21. The third kappa shape index (κ3) is 4.70. The standard InChI is InChI=1S/C23H20N4O3S/c1-2-30-19-11-7-6-10-17(19)13-25-26-21(28)14-27-15-24-22-18(23(27)29)12-20(31-22)16-8-4-3-5-9-16/h3-13,15H,2,14H2,1H3,(H,26,28)/b25-13+. The minimum absolute atomic E-state index is 0.178. The van der Waals surface area contributed by atoms with Gasteiger partial charge in [-0.2, -0.15) is 5.10 Å². The van der Waals surface area contributed by atoms with Gasteiger partial charge in [-0.3, -0.25) is 14.2 Å². The van der Waals surface area contributed by atoms with Gasteiger partial charge in [-0.1, -0.05) is 42.5 Å². The number of carbonyl (C=O) groups is 1. The molecule has 2 aromatic carbocycles. The van der Waals surface area contributed by atoms with Crippen molar-refractivity contribution in [2.24, 2.45) is 5.10 Å². The average molecular weight is 433 g/mol. The number of nitrogens with zero attached hydrogens (tertiary/aromatic N) is 3. The zero-order valence-corrected chi connectivity index (χ0v) is 17.6. The summed E-state index contributed by atoms with van der Waals surface area (Å²) in [4.78, 5) is 31.1. The fourth-order valence-corrected chi connectivity index (χ4v) is 4.05. The number of hydrazone groups is 1. The maximum Gasteiger partial charge on any atom is 0.262 e. The third-order valence-corrected chi connectivity index (χ3v) is 5.59. The first-order valence-electron chi connectivity index (χ1n) is 9.74. The van der Waals surface area contributed by atoms with Gasteiger partial charge in [0, 0.05) is 10.4 Å². The maximum atomic E-state index is 12.8. The van der Waals surface area contributed by atoms with E-state index in [1.165, 1.54) is 28.4 Å². The Kier molecular flexibility index (Phi) is 6.18. The summed E-state index contributed by atoms with van der Waals surface area (Å²) < 4.78 is 6.80. The zero-order valence-electron chi connectivity index (χ0n) is 16.8. The van der Waals surface area contributed by atoms with E-state index in [1.807, 2.05) is 67.6 Å². The molecule has 0 aliphatic heterocycles. The maximum absolute atomic E-state index is 12.8. The fraction of sp³-hybridized carbons (Fsp3) is 0.130. The summed E-state index contributed by atoms with van der Waals surface area (Å²) >= 11 is 1.45. The molecule has 1 amide bonds. The molecule has 0 fully saturated rings. The van der Waals surface area contributed by atoms with Crippen molar-refractivity contribution >= 4 is 33.7 Å². The molecule has 0 atom stereocenters. The Bertz CT molecular complexity index is 1300. The van der Waals surface area contributed by atoms with E-state index in [1.54, 1.807) is 0 Å². The van der Waals surface area contributed by atoms with Crippen molar-refractivity contribution in [3.63, 3.8) is 0 Å². The number of para-hydroxylation sites is 1. The van der Waals surface area contributed by atoms with E-state index < -0.39 is 5.91 Å². The summed E-state index contributed by atoms with van der Waals surface area (Å²) in [5.74, 6) is 0.257. The van der Waals surface area contributed by atoms with Gasteiger partial charge in [-0.25, -0.2) is 10.4 Å². The molecule has 8 heteroatoms. The molecule has 0 saturated carbocycles. The molecule has 0 aliphatic rings. The van der Waals surface area contributed by atoms with Gasteiger partial charge in [-0.15, -0.1) is 11.3 Å². The van der Waals surface area contributed by atoms with Crippen LogP contribution in [0.2, 0.25) is 0 Å². The lowest BCUT2D eigenvalue weighted by molar-refractivity contribution is -0.121. The van der Waals surface area contributed by atoms with Crippen LogP contribution < -0.4 is 15.7 Å². The molecule has 156 valence electrons.